The summed E-state index contributed by atoms with van der Waals surface area (Å²) in [6.45, 7) is 6.45. The first kappa shape index (κ1) is 20.2. The second-order valence-corrected chi connectivity index (χ2v) is 14.5. The van der Waals surface area contributed by atoms with E-state index in [-0.39, 0.29) is 13.2 Å². The van der Waals surface area contributed by atoms with Crippen molar-refractivity contribution in [2.24, 2.45) is 0 Å². The lowest BCUT2D eigenvalue weighted by molar-refractivity contribution is 0.0863. The molecule has 0 radical (unpaired) electrons. The third-order valence-corrected chi connectivity index (χ3v) is 10.0. The minimum absolute atomic E-state index is 0.163. The molecule has 0 spiro atoms. The van der Waals surface area contributed by atoms with Crippen molar-refractivity contribution in [2.45, 2.75) is 63.5 Å². The molecule has 0 amide bonds. The molecule has 0 saturated carbocycles. The molecule has 0 aromatic carbocycles. The van der Waals surface area contributed by atoms with Crippen LogP contribution in [0.25, 0.3) is 0 Å². The molecule has 0 aromatic heterocycles. The maximum Gasteiger partial charge on any atom is 0.327 e. The van der Waals surface area contributed by atoms with Crippen molar-refractivity contribution in [1.29, 1.82) is 0 Å². The monoisotopic (exact) mass is 324 g/mol. The van der Waals surface area contributed by atoms with Gasteiger partial charge in [-0.15, -0.1) is 0 Å². The summed E-state index contributed by atoms with van der Waals surface area (Å²) in [6.07, 6.45) is 2.48. The molecule has 2 unspecified atom stereocenters. The van der Waals surface area contributed by atoms with Crippen molar-refractivity contribution in [1.82, 2.24) is 0 Å². The van der Waals surface area contributed by atoms with Crippen LogP contribution in [0.2, 0.25) is 31.7 Å². The van der Waals surface area contributed by atoms with Crippen molar-refractivity contribution in [3.8, 4) is 0 Å². The lowest BCUT2D eigenvalue weighted by Crippen LogP contribution is -2.49. The number of aliphatic hydroxyl groups excluding tert-OH is 3. The summed E-state index contributed by atoms with van der Waals surface area (Å²) in [5.41, 5.74) is 0. The van der Waals surface area contributed by atoms with Gasteiger partial charge in [0.25, 0.3) is 0 Å². The minimum atomic E-state index is -2.25. The Bertz CT molecular complexity index is 247. The van der Waals surface area contributed by atoms with Gasteiger partial charge in [-0.3, -0.25) is 0 Å². The summed E-state index contributed by atoms with van der Waals surface area (Å²) in [7, 11) is -2.22. The van der Waals surface area contributed by atoms with Crippen LogP contribution in [-0.2, 0) is 8.54 Å². The first-order chi connectivity index (χ1) is 9.28. The largest absolute Gasteiger partial charge is 0.436 e. The molecule has 0 fully saturated rings. The SMILES string of the molecule is CO[Si](CCCO)(CCCCC(O)CO)O[Si](C)(C)C. The van der Waals surface area contributed by atoms with E-state index in [4.69, 9.17) is 18.8 Å². The fraction of sp³-hybridized carbons (Fsp3) is 1.00. The molecule has 3 N–H and O–H groups in total. The quantitative estimate of drug-likeness (QED) is 0.377. The molecule has 0 heterocycles. The minimum Gasteiger partial charge on any atom is -0.436 e. The first-order valence-corrected chi connectivity index (χ1v) is 13.1. The van der Waals surface area contributed by atoms with Gasteiger partial charge in [0.2, 0.25) is 0 Å². The van der Waals surface area contributed by atoms with Gasteiger partial charge in [0.1, 0.15) is 0 Å². The normalized spacial score (nSPS) is 16.9. The lowest BCUT2D eigenvalue weighted by atomic mass is 10.2. The fourth-order valence-corrected chi connectivity index (χ4v) is 10.0. The molecule has 0 aliphatic carbocycles. The van der Waals surface area contributed by atoms with Crippen LogP contribution in [0.3, 0.4) is 0 Å². The van der Waals surface area contributed by atoms with Crippen molar-refractivity contribution < 1.29 is 23.9 Å². The van der Waals surface area contributed by atoms with Crippen LogP contribution in [0.15, 0.2) is 0 Å². The topological polar surface area (TPSA) is 79.2 Å². The molecule has 7 heteroatoms. The Morgan fingerprint density at radius 3 is 2.05 bits per heavy atom. The van der Waals surface area contributed by atoms with Gasteiger partial charge in [-0.1, -0.05) is 12.8 Å². The highest BCUT2D eigenvalue weighted by Gasteiger charge is 2.39. The molecule has 0 aromatic rings. The highest BCUT2D eigenvalue weighted by atomic mass is 28.4. The zero-order valence-electron chi connectivity index (χ0n) is 13.4. The lowest BCUT2D eigenvalue weighted by Gasteiger charge is -2.35. The Hall–Kier alpha value is 0.234. The van der Waals surface area contributed by atoms with Crippen molar-refractivity contribution >= 4 is 16.9 Å². The molecule has 0 saturated heterocycles. The maximum atomic E-state index is 9.35. The highest BCUT2D eigenvalue weighted by molar-refractivity contribution is 6.82. The molecule has 0 bridgehead atoms. The summed E-state index contributed by atoms with van der Waals surface area (Å²) < 4.78 is 12.1. The van der Waals surface area contributed by atoms with Gasteiger partial charge >= 0.3 is 8.56 Å². The van der Waals surface area contributed by atoms with Crippen molar-refractivity contribution in [3.63, 3.8) is 0 Å². The Balaban J connectivity index is 4.42. The summed E-state index contributed by atoms with van der Waals surface area (Å²) in [5.74, 6) is 0. The van der Waals surface area contributed by atoms with Gasteiger partial charge in [-0.05, 0) is 44.6 Å². The van der Waals surface area contributed by atoms with Crippen LogP contribution < -0.4 is 0 Å². The third-order valence-electron chi connectivity index (χ3n) is 3.14. The summed E-state index contributed by atoms with van der Waals surface area (Å²) in [6, 6.07) is 1.69. The zero-order valence-corrected chi connectivity index (χ0v) is 15.4. The fourth-order valence-electron chi connectivity index (χ4n) is 2.24. The number of unbranched alkanes of at least 4 members (excludes halogenated alkanes) is 1. The highest BCUT2D eigenvalue weighted by Crippen LogP contribution is 2.27. The number of hydrogen-bond acceptors (Lipinski definition) is 5. The third kappa shape index (κ3) is 9.22. The smallest absolute Gasteiger partial charge is 0.327 e. The van der Waals surface area contributed by atoms with E-state index in [1.165, 1.54) is 0 Å². The average molecular weight is 325 g/mol. The van der Waals surface area contributed by atoms with Crippen LogP contribution in [0.5, 0.6) is 0 Å². The maximum absolute atomic E-state index is 9.35. The van der Waals surface area contributed by atoms with Gasteiger partial charge in [-0.2, -0.15) is 0 Å². The number of aliphatic hydroxyl groups is 3. The first-order valence-electron chi connectivity index (χ1n) is 7.43. The molecular formula is C13H32O5Si2. The summed E-state index contributed by atoms with van der Waals surface area (Å²) in [5, 5.41) is 27.2. The summed E-state index contributed by atoms with van der Waals surface area (Å²) in [4.78, 5) is 0. The van der Waals surface area contributed by atoms with E-state index in [9.17, 15) is 5.11 Å². The number of rotatable bonds is 12. The van der Waals surface area contributed by atoms with E-state index >= 15 is 0 Å². The van der Waals surface area contributed by atoms with E-state index in [1.54, 1.807) is 7.11 Å². The molecule has 20 heavy (non-hydrogen) atoms. The molecular weight excluding hydrogens is 292 g/mol. The predicted molar refractivity (Wildman–Crippen MR) is 85.5 cm³/mol. The van der Waals surface area contributed by atoms with Crippen LogP contribution in [0, 0.1) is 0 Å². The van der Waals surface area contributed by atoms with Gasteiger partial charge in [-0.25, -0.2) is 0 Å². The van der Waals surface area contributed by atoms with Gasteiger partial charge in [0.05, 0.1) is 12.7 Å². The van der Waals surface area contributed by atoms with E-state index < -0.39 is 23.0 Å². The standard InChI is InChI=1S/C13H32O5Si2/c1-17-20(11-7-9-14,18-19(2,3)4)10-6-5-8-13(16)12-15/h13-16H,5-12H2,1-4H3. The number of hydrogen-bond donors (Lipinski definition) is 3. The van der Waals surface area contributed by atoms with Gasteiger partial charge in [0, 0.05) is 13.7 Å². The van der Waals surface area contributed by atoms with E-state index in [1.807, 2.05) is 0 Å². The Morgan fingerprint density at radius 2 is 1.60 bits per heavy atom. The van der Waals surface area contributed by atoms with Crippen LogP contribution in [0.1, 0.15) is 25.7 Å². The van der Waals surface area contributed by atoms with Crippen molar-refractivity contribution in [3.05, 3.63) is 0 Å². The average Bonchev–Trinajstić information content (AvgIpc) is 2.38. The second kappa shape index (κ2) is 10.0. The van der Waals surface area contributed by atoms with Crippen LogP contribution in [0.4, 0.5) is 0 Å². The Kier molecular flexibility index (Phi) is 10.2. The van der Waals surface area contributed by atoms with Crippen LogP contribution in [-0.4, -0.2) is 58.6 Å². The molecule has 122 valence electrons. The summed E-state index contributed by atoms with van der Waals surface area (Å²) >= 11 is 0. The predicted octanol–water partition coefficient (Wildman–Crippen LogP) is 1.83. The van der Waals surface area contributed by atoms with Crippen LogP contribution >= 0.6 is 0 Å². The van der Waals surface area contributed by atoms with Gasteiger partial charge in [0.15, 0.2) is 8.32 Å². The van der Waals surface area contributed by atoms with Crippen molar-refractivity contribution in [2.75, 3.05) is 20.3 Å². The zero-order chi connectivity index (χ0) is 15.6. The molecule has 5 nitrogen and oxygen atoms in total. The molecule has 0 aliphatic heterocycles. The van der Waals surface area contributed by atoms with Gasteiger partial charge < -0.3 is 23.9 Å². The molecule has 2 atom stereocenters. The molecule has 0 rings (SSSR count). The Labute approximate surface area is 125 Å². The van der Waals surface area contributed by atoms with E-state index in [0.29, 0.717) is 12.8 Å². The molecule has 0 aliphatic rings. The Morgan fingerprint density at radius 1 is 1.00 bits per heavy atom. The van der Waals surface area contributed by atoms with E-state index in [0.717, 1.165) is 24.9 Å². The van der Waals surface area contributed by atoms with E-state index in [2.05, 4.69) is 19.6 Å². The second-order valence-electron chi connectivity index (χ2n) is 6.24.